The lowest BCUT2D eigenvalue weighted by molar-refractivity contribution is 0.350. The van der Waals surface area contributed by atoms with Crippen LogP contribution in [0, 0.1) is 0 Å². The third kappa shape index (κ3) is 34.2. The number of hydrogen-bond acceptors (Lipinski definition) is 2. The van der Waals surface area contributed by atoms with E-state index < -0.39 is 8.56 Å². The molecule has 0 bridgehead atoms. The van der Waals surface area contributed by atoms with Crippen LogP contribution in [-0.4, -0.2) is 18.2 Å². The molecule has 0 fully saturated rings. The predicted molar refractivity (Wildman–Crippen MR) is 179 cm³/mol. The Morgan fingerprint density at radius 1 is 0.256 bits per heavy atom. The van der Waals surface area contributed by atoms with Crippen LogP contribution >= 0.6 is 0 Å². The summed E-state index contributed by atoms with van der Waals surface area (Å²) in [6.07, 6.45) is 43.8. The van der Waals surface area contributed by atoms with Gasteiger partial charge in [0, 0.05) is 0 Å². The molecule has 0 aromatic rings. The zero-order valence-electron chi connectivity index (χ0n) is 27.4. The third-order valence-corrected chi connectivity index (χ3v) is 11.2. The average molecular weight is 569 g/mol. The van der Waals surface area contributed by atoms with Gasteiger partial charge in [0.15, 0.2) is 0 Å². The first-order valence-electron chi connectivity index (χ1n) is 18.6. The lowest BCUT2D eigenvalue weighted by Gasteiger charge is -2.17. The first-order chi connectivity index (χ1) is 19.1. The molecule has 0 aromatic carbocycles. The van der Waals surface area contributed by atoms with Crippen molar-refractivity contribution in [1.82, 2.24) is 0 Å². The maximum atomic E-state index is 10.4. The summed E-state index contributed by atoms with van der Waals surface area (Å²) in [5.41, 5.74) is 0. The Kier molecular flexibility index (Phi) is 32.8. The molecule has 0 aliphatic heterocycles. The summed E-state index contributed by atoms with van der Waals surface area (Å²) in [7, 11) is -2.92. The van der Waals surface area contributed by atoms with Crippen molar-refractivity contribution >= 4 is 8.56 Å². The van der Waals surface area contributed by atoms with E-state index in [0.717, 1.165) is 12.8 Å². The monoisotopic (exact) mass is 569 g/mol. The molecule has 0 spiro atoms. The number of unbranched alkanes of at least 4 members (excludes halogenated alkanes) is 30. The number of rotatable bonds is 34. The first kappa shape index (κ1) is 39.1. The fraction of sp³-hybridized carbons (Fsp3) is 1.00. The molecule has 0 saturated heterocycles. The highest BCUT2D eigenvalue weighted by Crippen LogP contribution is 2.20. The first-order valence-corrected chi connectivity index (χ1v) is 20.9. The Bertz CT molecular complexity index is 402. The summed E-state index contributed by atoms with van der Waals surface area (Å²) in [6, 6.07) is 1.40. The Labute approximate surface area is 249 Å². The van der Waals surface area contributed by atoms with E-state index in [1.165, 1.54) is 193 Å². The maximum Gasteiger partial charge on any atom is 0.332 e. The van der Waals surface area contributed by atoms with Crippen molar-refractivity contribution in [2.75, 3.05) is 0 Å². The van der Waals surface area contributed by atoms with Gasteiger partial charge in [-0.2, -0.15) is 0 Å². The van der Waals surface area contributed by atoms with Crippen LogP contribution in [0.5, 0.6) is 0 Å². The molecule has 0 unspecified atom stereocenters. The highest BCUT2D eigenvalue weighted by Gasteiger charge is 2.27. The van der Waals surface area contributed by atoms with Crippen molar-refractivity contribution in [1.29, 1.82) is 0 Å². The van der Waals surface area contributed by atoms with Crippen molar-refractivity contribution in [2.24, 2.45) is 0 Å². The minimum absolute atomic E-state index is 0.699. The van der Waals surface area contributed by atoms with E-state index in [4.69, 9.17) is 0 Å². The van der Waals surface area contributed by atoms with E-state index >= 15 is 0 Å². The molecule has 0 aliphatic rings. The van der Waals surface area contributed by atoms with Crippen LogP contribution in [0.15, 0.2) is 0 Å². The highest BCUT2D eigenvalue weighted by atomic mass is 28.4. The highest BCUT2D eigenvalue weighted by molar-refractivity contribution is 6.64. The van der Waals surface area contributed by atoms with Crippen molar-refractivity contribution in [3.05, 3.63) is 0 Å². The molecule has 39 heavy (non-hydrogen) atoms. The van der Waals surface area contributed by atoms with Crippen molar-refractivity contribution in [2.45, 2.75) is 231 Å². The Morgan fingerprint density at radius 3 is 0.590 bits per heavy atom. The van der Waals surface area contributed by atoms with Crippen LogP contribution < -0.4 is 0 Å². The molecule has 0 amide bonds. The van der Waals surface area contributed by atoms with E-state index in [2.05, 4.69) is 13.8 Å². The largest absolute Gasteiger partial charge is 0.411 e. The Morgan fingerprint density at radius 2 is 0.410 bits per heavy atom. The average Bonchev–Trinajstić information content (AvgIpc) is 2.92. The smallest absolute Gasteiger partial charge is 0.332 e. The maximum absolute atomic E-state index is 10.4. The molecule has 0 aromatic heterocycles. The second kappa shape index (κ2) is 32.6. The summed E-state index contributed by atoms with van der Waals surface area (Å²) in [5, 5.41) is 0. The Balaban J connectivity index is 3.26. The lowest BCUT2D eigenvalue weighted by Crippen LogP contribution is -2.33. The molecule has 236 valence electrons. The van der Waals surface area contributed by atoms with Crippen LogP contribution in [0.3, 0.4) is 0 Å². The van der Waals surface area contributed by atoms with Crippen LogP contribution in [0.25, 0.3) is 0 Å². The van der Waals surface area contributed by atoms with Crippen molar-refractivity contribution < 1.29 is 9.59 Å². The van der Waals surface area contributed by atoms with Gasteiger partial charge in [0.2, 0.25) is 0 Å². The van der Waals surface area contributed by atoms with E-state index in [0.29, 0.717) is 12.1 Å². The van der Waals surface area contributed by atoms with Gasteiger partial charge in [-0.15, -0.1) is 0 Å². The van der Waals surface area contributed by atoms with Gasteiger partial charge in [0.1, 0.15) is 0 Å². The van der Waals surface area contributed by atoms with Gasteiger partial charge in [0.25, 0.3) is 0 Å². The molecule has 0 atom stereocenters. The molecule has 3 heteroatoms. The topological polar surface area (TPSA) is 40.5 Å². The molecule has 2 N–H and O–H groups in total. The van der Waals surface area contributed by atoms with Gasteiger partial charge in [-0.05, 0) is 12.1 Å². The van der Waals surface area contributed by atoms with Gasteiger partial charge in [-0.25, -0.2) is 0 Å². The molecular formula is C36H76O2Si. The summed E-state index contributed by atoms with van der Waals surface area (Å²) in [5.74, 6) is 0. The molecule has 0 heterocycles. The minimum atomic E-state index is -2.92. The van der Waals surface area contributed by atoms with E-state index in [1.54, 1.807) is 0 Å². The molecule has 0 saturated carbocycles. The zero-order chi connectivity index (χ0) is 28.5. The van der Waals surface area contributed by atoms with Crippen LogP contribution in [0.1, 0.15) is 219 Å². The van der Waals surface area contributed by atoms with Gasteiger partial charge in [-0.1, -0.05) is 219 Å². The predicted octanol–water partition coefficient (Wildman–Crippen LogP) is 12.9. The summed E-state index contributed by atoms with van der Waals surface area (Å²) < 4.78 is 0. The quantitative estimate of drug-likeness (QED) is 0.0598. The minimum Gasteiger partial charge on any atom is -0.411 e. The van der Waals surface area contributed by atoms with Gasteiger partial charge >= 0.3 is 8.56 Å². The van der Waals surface area contributed by atoms with E-state index in [9.17, 15) is 9.59 Å². The van der Waals surface area contributed by atoms with Gasteiger partial charge in [0.05, 0.1) is 0 Å². The van der Waals surface area contributed by atoms with Crippen LogP contribution in [0.4, 0.5) is 0 Å². The SMILES string of the molecule is CCCCCCCCCCCCCCCCCC[Si](O)(O)CCCCCCCCCCCCCCCCCC. The molecule has 0 rings (SSSR count). The third-order valence-electron chi connectivity index (χ3n) is 8.86. The Hall–Kier alpha value is 0.137. The number of hydrogen-bond donors (Lipinski definition) is 2. The standard InChI is InChI=1S/C36H76O2Si/c1-3-5-7-9-11-13-15-17-19-21-23-25-27-29-31-33-35-39(37,38)36-34-32-30-28-26-24-22-20-18-16-14-12-10-8-6-4-2/h37-38H,3-36H2,1-2H3. The fourth-order valence-corrected chi connectivity index (χ4v) is 7.92. The molecule has 0 aliphatic carbocycles. The molecule has 2 nitrogen and oxygen atoms in total. The van der Waals surface area contributed by atoms with Gasteiger partial charge in [-0.3, -0.25) is 0 Å². The summed E-state index contributed by atoms with van der Waals surface area (Å²) in [6.45, 7) is 4.58. The van der Waals surface area contributed by atoms with Crippen LogP contribution in [0.2, 0.25) is 12.1 Å². The normalized spacial score (nSPS) is 12.0. The van der Waals surface area contributed by atoms with Crippen LogP contribution in [-0.2, 0) is 0 Å². The molecular weight excluding hydrogens is 492 g/mol. The second-order valence-electron chi connectivity index (χ2n) is 13.1. The lowest BCUT2D eigenvalue weighted by atomic mass is 10.0. The summed E-state index contributed by atoms with van der Waals surface area (Å²) >= 11 is 0. The fourth-order valence-electron chi connectivity index (χ4n) is 6.04. The second-order valence-corrected chi connectivity index (χ2v) is 16.1. The molecule has 0 radical (unpaired) electrons. The van der Waals surface area contributed by atoms with Crippen molar-refractivity contribution in [3.8, 4) is 0 Å². The van der Waals surface area contributed by atoms with Crippen molar-refractivity contribution in [3.63, 3.8) is 0 Å². The van der Waals surface area contributed by atoms with Gasteiger partial charge < -0.3 is 9.59 Å². The summed E-state index contributed by atoms with van der Waals surface area (Å²) in [4.78, 5) is 20.9. The van der Waals surface area contributed by atoms with E-state index in [-0.39, 0.29) is 0 Å². The van der Waals surface area contributed by atoms with E-state index in [1.807, 2.05) is 0 Å². The zero-order valence-corrected chi connectivity index (χ0v) is 28.4.